The van der Waals surface area contributed by atoms with Crippen molar-refractivity contribution in [2.45, 2.75) is 0 Å². The van der Waals surface area contributed by atoms with Crippen LogP contribution in [-0.2, 0) is 4.79 Å². The second kappa shape index (κ2) is 8.70. The number of nitrogens with zero attached hydrogens (tertiary/aromatic N) is 2. The number of rotatable bonds is 5. The lowest BCUT2D eigenvalue weighted by Gasteiger charge is -2.01. The molecule has 3 N–H and O–H groups in total. The molecule has 2 aromatic rings. The van der Waals surface area contributed by atoms with Gasteiger partial charge in [-0.1, -0.05) is 12.1 Å². The number of halogens is 1. The first kappa shape index (κ1) is 17.5. The van der Waals surface area contributed by atoms with E-state index >= 15 is 0 Å². The van der Waals surface area contributed by atoms with E-state index < -0.39 is 5.91 Å². The Hall–Kier alpha value is -2.84. The number of benzene rings is 1. The number of carbonyl (C=O) groups excluding carboxylic acids is 2. The monoisotopic (exact) mass is 388 g/mol. The summed E-state index contributed by atoms with van der Waals surface area (Å²) in [7, 11) is 0. The van der Waals surface area contributed by atoms with Gasteiger partial charge in [-0.2, -0.15) is 5.10 Å². The highest BCUT2D eigenvalue weighted by Gasteiger charge is 2.03. The SMILES string of the molecule is O=C(/C=C/c1ccc(C(=O)N/N=C/c2cccnc2Br)cc1)NO. The van der Waals surface area contributed by atoms with Gasteiger partial charge in [-0.3, -0.25) is 14.8 Å². The minimum absolute atomic E-state index is 0.366. The number of amides is 2. The Kier molecular flexibility index (Phi) is 6.35. The number of aromatic nitrogens is 1. The van der Waals surface area contributed by atoms with Crippen LogP contribution < -0.4 is 10.9 Å². The van der Waals surface area contributed by atoms with E-state index in [2.05, 4.69) is 31.4 Å². The van der Waals surface area contributed by atoms with Gasteiger partial charge in [0.25, 0.3) is 11.8 Å². The zero-order valence-corrected chi connectivity index (χ0v) is 13.9. The molecule has 0 aliphatic carbocycles. The molecule has 0 radical (unpaired) electrons. The predicted molar refractivity (Wildman–Crippen MR) is 92.4 cm³/mol. The smallest absolute Gasteiger partial charge is 0.271 e. The maximum absolute atomic E-state index is 12.0. The fraction of sp³-hybridized carbons (Fsp3) is 0. The van der Waals surface area contributed by atoms with Crippen molar-refractivity contribution in [3.63, 3.8) is 0 Å². The molecule has 1 aromatic heterocycles. The fourth-order valence-corrected chi connectivity index (χ4v) is 2.03. The van der Waals surface area contributed by atoms with Crippen LogP contribution in [0.4, 0.5) is 0 Å². The molecular weight excluding hydrogens is 376 g/mol. The molecule has 8 heteroatoms. The van der Waals surface area contributed by atoms with E-state index in [9.17, 15) is 9.59 Å². The largest absolute Gasteiger partial charge is 0.288 e. The molecule has 0 aliphatic heterocycles. The minimum Gasteiger partial charge on any atom is -0.288 e. The average Bonchev–Trinajstić information content (AvgIpc) is 2.61. The number of nitrogens with one attached hydrogen (secondary N) is 2. The van der Waals surface area contributed by atoms with Crippen molar-refractivity contribution in [1.29, 1.82) is 0 Å². The van der Waals surface area contributed by atoms with E-state index in [0.717, 1.165) is 5.56 Å². The van der Waals surface area contributed by atoms with Crippen molar-refractivity contribution in [3.8, 4) is 0 Å². The first-order valence-corrected chi connectivity index (χ1v) is 7.55. The molecule has 0 saturated carbocycles. The third-order valence-electron chi connectivity index (χ3n) is 2.87. The van der Waals surface area contributed by atoms with Gasteiger partial charge in [-0.25, -0.2) is 15.9 Å². The standard InChI is InChI=1S/C16H13BrN4O3/c17-15-13(2-1-9-18-15)10-19-20-16(23)12-6-3-11(4-7-12)5-8-14(22)21-24/h1-10,24H,(H,20,23)(H,21,22)/b8-5+,19-10+. The second-order valence-corrected chi connectivity index (χ2v) is 5.27. The summed E-state index contributed by atoms with van der Waals surface area (Å²) in [5.41, 5.74) is 5.77. The molecule has 0 fully saturated rings. The molecule has 0 aliphatic rings. The van der Waals surface area contributed by atoms with Gasteiger partial charge >= 0.3 is 0 Å². The summed E-state index contributed by atoms with van der Waals surface area (Å²) in [6.07, 6.45) is 5.80. The summed E-state index contributed by atoms with van der Waals surface area (Å²) in [6, 6.07) is 10.1. The van der Waals surface area contributed by atoms with Gasteiger partial charge in [-0.15, -0.1) is 0 Å². The van der Waals surface area contributed by atoms with Crippen LogP contribution in [0, 0.1) is 0 Å². The molecule has 0 saturated heterocycles. The van der Waals surface area contributed by atoms with Crippen molar-refractivity contribution < 1.29 is 14.8 Å². The highest BCUT2D eigenvalue weighted by atomic mass is 79.9. The molecule has 24 heavy (non-hydrogen) atoms. The average molecular weight is 389 g/mol. The summed E-state index contributed by atoms with van der Waals surface area (Å²) < 4.78 is 0.631. The van der Waals surface area contributed by atoms with Gasteiger partial charge in [0.15, 0.2) is 0 Å². The summed E-state index contributed by atoms with van der Waals surface area (Å²) in [5.74, 6) is -0.998. The van der Waals surface area contributed by atoms with Crippen LogP contribution in [-0.4, -0.2) is 28.2 Å². The first-order valence-electron chi connectivity index (χ1n) is 6.76. The molecular formula is C16H13BrN4O3. The number of carbonyl (C=O) groups is 2. The lowest BCUT2D eigenvalue weighted by Crippen LogP contribution is -2.17. The van der Waals surface area contributed by atoms with Crippen LogP contribution in [0.15, 0.2) is 58.4 Å². The van der Waals surface area contributed by atoms with Crippen LogP contribution in [0.25, 0.3) is 6.08 Å². The Bertz CT molecular complexity index is 788. The van der Waals surface area contributed by atoms with Crippen molar-refractivity contribution in [1.82, 2.24) is 15.9 Å². The lowest BCUT2D eigenvalue weighted by molar-refractivity contribution is -0.124. The van der Waals surface area contributed by atoms with Crippen LogP contribution in [0.5, 0.6) is 0 Å². The van der Waals surface area contributed by atoms with Gasteiger partial charge in [0.2, 0.25) is 0 Å². The molecule has 2 rings (SSSR count). The number of hydrogen-bond acceptors (Lipinski definition) is 5. The summed E-state index contributed by atoms with van der Waals surface area (Å²) in [5, 5.41) is 12.3. The van der Waals surface area contributed by atoms with E-state index in [4.69, 9.17) is 5.21 Å². The molecule has 1 aromatic carbocycles. The Morgan fingerprint density at radius 1 is 1.21 bits per heavy atom. The zero-order chi connectivity index (χ0) is 17.4. The van der Waals surface area contributed by atoms with Gasteiger partial charge in [0.05, 0.1) is 6.21 Å². The lowest BCUT2D eigenvalue weighted by atomic mass is 10.1. The fourth-order valence-electron chi connectivity index (χ4n) is 1.67. The van der Waals surface area contributed by atoms with E-state index in [-0.39, 0.29) is 5.91 Å². The molecule has 1 heterocycles. The third kappa shape index (κ3) is 5.11. The van der Waals surface area contributed by atoms with Crippen LogP contribution in [0.1, 0.15) is 21.5 Å². The molecule has 0 atom stereocenters. The number of pyridine rings is 1. The number of hydroxylamine groups is 1. The van der Waals surface area contributed by atoms with Gasteiger partial charge in [-0.05, 0) is 51.8 Å². The molecule has 0 spiro atoms. The highest BCUT2D eigenvalue weighted by molar-refractivity contribution is 9.10. The van der Waals surface area contributed by atoms with Crippen LogP contribution >= 0.6 is 15.9 Å². The Morgan fingerprint density at radius 2 is 1.96 bits per heavy atom. The summed E-state index contributed by atoms with van der Waals surface area (Å²) in [6.45, 7) is 0. The quantitative estimate of drug-likeness (QED) is 0.240. The van der Waals surface area contributed by atoms with E-state index in [1.165, 1.54) is 23.8 Å². The van der Waals surface area contributed by atoms with Crippen molar-refractivity contribution in [3.05, 3.63) is 70.0 Å². The summed E-state index contributed by atoms with van der Waals surface area (Å²) >= 11 is 3.28. The second-order valence-electron chi connectivity index (χ2n) is 4.51. The summed E-state index contributed by atoms with van der Waals surface area (Å²) in [4.78, 5) is 26.9. The van der Waals surface area contributed by atoms with E-state index in [1.54, 1.807) is 42.6 Å². The molecule has 122 valence electrons. The van der Waals surface area contributed by atoms with Crippen molar-refractivity contribution in [2.24, 2.45) is 5.10 Å². The van der Waals surface area contributed by atoms with Crippen molar-refractivity contribution >= 4 is 40.0 Å². The van der Waals surface area contributed by atoms with Crippen LogP contribution in [0.3, 0.4) is 0 Å². The number of hydrogen-bond donors (Lipinski definition) is 3. The van der Waals surface area contributed by atoms with Crippen LogP contribution in [0.2, 0.25) is 0 Å². The minimum atomic E-state index is -0.632. The van der Waals surface area contributed by atoms with E-state index in [0.29, 0.717) is 15.7 Å². The topological polar surface area (TPSA) is 104 Å². The normalized spacial score (nSPS) is 10.9. The maximum Gasteiger partial charge on any atom is 0.271 e. The van der Waals surface area contributed by atoms with Gasteiger partial charge in [0, 0.05) is 23.4 Å². The molecule has 0 unspecified atom stereocenters. The Morgan fingerprint density at radius 3 is 2.62 bits per heavy atom. The third-order valence-corrected chi connectivity index (χ3v) is 3.53. The Labute approximate surface area is 146 Å². The first-order chi connectivity index (χ1) is 11.6. The molecule has 2 amide bonds. The molecule has 7 nitrogen and oxygen atoms in total. The Balaban J connectivity index is 1.96. The zero-order valence-electron chi connectivity index (χ0n) is 12.3. The van der Waals surface area contributed by atoms with Gasteiger partial charge in [0.1, 0.15) is 4.60 Å². The van der Waals surface area contributed by atoms with Crippen molar-refractivity contribution in [2.75, 3.05) is 0 Å². The predicted octanol–water partition coefficient (Wildman–Crippen LogP) is 2.13. The maximum atomic E-state index is 12.0. The van der Waals surface area contributed by atoms with E-state index in [1.807, 2.05) is 0 Å². The molecule has 0 bridgehead atoms. The number of hydrazone groups is 1. The highest BCUT2D eigenvalue weighted by Crippen LogP contribution is 2.10. The van der Waals surface area contributed by atoms with Gasteiger partial charge < -0.3 is 0 Å².